The molecule has 8 nitrogen and oxygen atoms in total. The highest BCUT2D eigenvalue weighted by atomic mass is 35.5. The van der Waals surface area contributed by atoms with Crippen LogP contribution in [0.25, 0.3) is 37.2 Å². The second kappa shape index (κ2) is 18.3. The monoisotopic (exact) mass is 843 g/mol. The quantitative estimate of drug-likeness (QED) is 0.0894. The molecule has 306 valence electrons. The molecule has 0 saturated heterocycles. The summed E-state index contributed by atoms with van der Waals surface area (Å²) in [6, 6.07) is 23.5. The molecule has 1 amide bonds. The largest absolute Gasteiger partial charge is 0.356 e. The van der Waals surface area contributed by atoms with Crippen LogP contribution in [0.3, 0.4) is 0 Å². The fraction of sp³-hybridized carbons (Fsp3) is 0.375. The highest BCUT2D eigenvalue weighted by molar-refractivity contribution is 7.15. The first-order valence-corrected chi connectivity index (χ1v) is 23.2. The molecule has 2 N–H and O–H groups in total. The number of rotatable bonds is 17. The first-order valence-electron chi connectivity index (χ1n) is 21.1. The Morgan fingerprint density at radius 3 is 2.31 bits per heavy atom. The van der Waals surface area contributed by atoms with Gasteiger partial charge in [0.1, 0.15) is 16.9 Å². The van der Waals surface area contributed by atoms with Crippen molar-refractivity contribution in [3.63, 3.8) is 0 Å². The minimum Gasteiger partial charge on any atom is -0.356 e. The van der Waals surface area contributed by atoms with E-state index < -0.39 is 6.04 Å². The lowest BCUT2D eigenvalue weighted by Gasteiger charge is -2.13. The average Bonchev–Trinajstić information content (AvgIpc) is 3.98. The summed E-state index contributed by atoms with van der Waals surface area (Å²) in [6.07, 6.45) is 8.36. The van der Waals surface area contributed by atoms with Crippen molar-refractivity contribution < 1.29 is 4.79 Å². The minimum absolute atomic E-state index is 0.0156. The summed E-state index contributed by atoms with van der Waals surface area (Å²) in [4.78, 5) is 21.1. The topological polar surface area (TPSA) is 89.1 Å². The number of halogens is 1. The Morgan fingerprint density at radius 2 is 1.56 bits per heavy atom. The second-order valence-electron chi connectivity index (χ2n) is 15.9. The molecule has 0 aliphatic carbocycles. The van der Waals surface area contributed by atoms with Gasteiger partial charge in [-0.3, -0.25) is 14.4 Å². The van der Waals surface area contributed by atoms with Gasteiger partial charge in [0.2, 0.25) is 5.91 Å². The highest BCUT2D eigenvalue weighted by Crippen LogP contribution is 2.40. The van der Waals surface area contributed by atoms with Gasteiger partial charge in [-0.15, -0.1) is 32.9 Å². The van der Waals surface area contributed by atoms with E-state index in [2.05, 4.69) is 106 Å². The first-order chi connectivity index (χ1) is 28.7. The zero-order valence-corrected chi connectivity index (χ0v) is 37.2. The van der Waals surface area contributed by atoms with Gasteiger partial charge in [0.05, 0.1) is 12.1 Å². The third-order valence-corrected chi connectivity index (χ3v) is 14.2. The van der Waals surface area contributed by atoms with Crippen LogP contribution in [0, 0.1) is 27.7 Å². The molecule has 1 atom stereocenters. The Hall–Kier alpha value is -4.61. The molecule has 11 heteroatoms. The van der Waals surface area contributed by atoms with E-state index in [-0.39, 0.29) is 12.3 Å². The highest BCUT2D eigenvalue weighted by Gasteiger charge is 2.32. The molecular weight excluding hydrogens is 790 g/mol. The van der Waals surface area contributed by atoms with Gasteiger partial charge < -0.3 is 15.2 Å². The number of aromatic nitrogens is 4. The maximum absolute atomic E-state index is 13.3. The predicted molar refractivity (Wildman–Crippen MR) is 248 cm³/mol. The number of hydrogen-bond donors (Lipinski definition) is 2. The van der Waals surface area contributed by atoms with Crippen molar-refractivity contribution >= 4 is 67.7 Å². The zero-order valence-electron chi connectivity index (χ0n) is 34.8. The first kappa shape index (κ1) is 41.1. The van der Waals surface area contributed by atoms with Gasteiger partial charge >= 0.3 is 0 Å². The maximum Gasteiger partial charge on any atom is 0.222 e. The Bertz CT molecular complexity index is 2630. The van der Waals surface area contributed by atoms with Crippen LogP contribution in [0.4, 0.5) is 0 Å². The third kappa shape index (κ3) is 8.83. The van der Waals surface area contributed by atoms with Gasteiger partial charge in [0.15, 0.2) is 5.82 Å². The number of aliphatic imine (C=N–C) groups is 1. The molecule has 59 heavy (non-hydrogen) atoms. The number of carbonyl (C=O) groups is 1. The molecule has 1 aliphatic heterocycles. The summed E-state index contributed by atoms with van der Waals surface area (Å²) in [6.45, 7) is 14.2. The summed E-state index contributed by atoms with van der Waals surface area (Å²) in [5.74, 6) is 1.48. The van der Waals surface area contributed by atoms with Crippen LogP contribution < -0.4 is 10.6 Å². The van der Waals surface area contributed by atoms with Crippen molar-refractivity contribution in [2.75, 3.05) is 13.1 Å². The fourth-order valence-electron chi connectivity index (χ4n) is 8.43. The number of benzene rings is 3. The standard InChI is InChI=1S/C48H54ClN7OS2/c1-6-55-41-21-14-34(25-39(41)38-20-17-36(26-42(38)55)43-24-30(2)29-58-43)28-50-22-12-10-8-7-9-11-13-23-51-44(57)27-40-47-54-53-33(5)56(47)48-45(31(3)32(4)59-48)46(52-40)35-15-18-37(49)19-16-35/h14-21,24-26,29,40,50H,6-13,22-23,27-28H2,1-5H3,(H,51,57)/t40-/m0/s1. The molecular formula is C48H54ClN7OS2. The number of nitrogens with one attached hydrogen (secondary N) is 2. The summed E-state index contributed by atoms with van der Waals surface area (Å²) in [5.41, 5.74) is 10.7. The molecule has 3 aromatic carbocycles. The molecule has 5 heterocycles. The molecule has 7 aromatic rings. The van der Waals surface area contributed by atoms with Crippen molar-refractivity contribution in [3.8, 4) is 15.4 Å². The Balaban J connectivity index is 0.758. The summed E-state index contributed by atoms with van der Waals surface area (Å²) in [5, 5.41) is 22.5. The number of carbonyl (C=O) groups excluding carboxylic acids is 1. The van der Waals surface area contributed by atoms with Crippen molar-refractivity contribution in [2.24, 2.45) is 4.99 Å². The molecule has 0 saturated carbocycles. The lowest BCUT2D eigenvalue weighted by atomic mass is 9.99. The van der Waals surface area contributed by atoms with Crippen LogP contribution in [-0.2, 0) is 17.9 Å². The molecule has 0 radical (unpaired) electrons. The summed E-state index contributed by atoms with van der Waals surface area (Å²) >= 11 is 9.79. The van der Waals surface area contributed by atoms with E-state index in [0.717, 1.165) is 60.1 Å². The van der Waals surface area contributed by atoms with Gasteiger partial charge in [-0.1, -0.05) is 74.0 Å². The smallest absolute Gasteiger partial charge is 0.222 e. The van der Waals surface area contributed by atoms with E-state index >= 15 is 0 Å². The normalized spacial score (nSPS) is 13.8. The third-order valence-electron chi connectivity index (χ3n) is 11.7. The maximum atomic E-state index is 13.3. The van der Waals surface area contributed by atoms with Crippen molar-refractivity contribution in [1.82, 2.24) is 30.0 Å². The molecule has 0 spiro atoms. The number of fused-ring (bicyclic) bond motifs is 6. The van der Waals surface area contributed by atoms with E-state index in [0.29, 0.717) is 17.4 Å². The van der Waals surface area contributed by atoms with E-state index in [4.69, 9.17) is 16.6 Å². The lowest BCUT2D eigenvalue weighted by molar-refractivity contribution is -0.121. The van der Waals surface area contributed by atoms with E-state index in [9.17, 15) is 4.79 Å². The molecule has 0 bridgehead atoms. The average molecular weight is 845 g/mol. The van der Waals surface area contributed by atoms with E-state index in [1.54, 1.807) is 11.3 Å². The summed E-state index contributed by atoms with van der Waals surface area (Å²) in [7, 11) is 0. The van der Waals surface area contributed by atoms with Crippen LogP contribution >= 0.6 is 34.3 Å². The number of nitrogens with zero attached hydrogens (tertiary/aromatic N) is 5. The van der Waals surface area contributed by atoms with Gasteiger partial charge in [-0.2, -0.15) is 0 Å². The Kier molecular flexibility index (Phi) is 12.8. The summed E-state index contributed by atoms with van der Waals surface area (Å²) < 4.78 is 4.54. The van der Waals surface area contributed by atoms with Crippen LogP contribution in [0.2, 0.25) is 5.02 Å². The Morgan fingerprint density at radius 1 is 0.814 bits per heavy atom. The number of hydrogen-bond acceptors (Lipinski definition) is 7. The van der Waals surface area contributed by atoms with E-state index in [1.807, 2.05) is 42.5 Å². The van der Waals surface area contributed by atoms with Gasteiger partial charge in [0, 0.05) is 67.3 Å². The van der Waals surface area contributed by atoms with Crippen molar-refractivity contribution in [2.45, 2.75) is 105 Å². The van der Waals surface area contributed by atoms with Gasteiger partial charge in [0.25, 0.3) is 0 Å². The lowest BCUT2D eigenvalue weighted by Crippen LogP contribution is -2.26. The molecule has 4 aromatic heterocycles. The zero-order chi connectivity index (χ0) is 41.0. The number of thiophene rings is 2. The van der Waals surface area contributed by atoms with Crippen LogP contribution in [-0.4, -0.2) is 44.0 Å². The van der Waals surface area contributed by atoms with Crippen molar-refractivity contribution in [3.05, 3.63) is 121 Å². The molecule has 1 aliphatic rings. The fourth-order valence-corrected chi connectivity index (χ4v) is 10.7. The Labute approximate surface area is 360 Å². The predicted octanol–water partition coefficient (Wildman–Crippen LogP) is 12.0. The van der Waals surface area contributed by atoms with E-state index in [1.165, 1.54) is 85.9 Å². The molecule has 8 rings (SSSR count). The number of amides is 1. The SMILES string of the molecule is CCn1c2ccc(CNCCCCCCCCCNC(=O)C[C@@H]3N=C(c4ccc(Cl)cc4)c4c(sc(C)c4C)-n4c(C)nnc43)cc2c2ccc(-c3cc(C)cs3)cc21. The molecule has 0 unspecified atom stereocenters. The van der Waals surface area contributed by atoms with Gasteiger partial charge in [-0.25, -0.2) is 0 Å². The number of unbranched alkanes of at least 4 members (excludes halogenated alkanes) is 6. The minimum atomic E-state index is -0.455. The van der Waals surface area contributed by atoms with Gasteiger partial charge in [-0.05, 0) is 118 Å². The van der Waals surface area contributed by atoms with Crippen molar-refractivity contribution in [1.29, 1.82) is 0 Å². The van der Waals surface area contributed by atoms with Crippen LogP contribution in [0.1, 0.15) is 109 Å². The molecule has 0 fully saturated rings. The van der Waals surface area contributed by atoms with Crippen LogP contribution in [0.15, 0.2) is 77.1 Å². The number of aryl methyl sites for hydroxylation is 4. The van der Waals surface area contributed by atoms with Crippen LogP contribution in [0.5, 0.6) is 0 Å². The second-order valence-corrected chi connectivity index (χ2v) is 18.5.